The lowest BCUT2D eigenvalue weighted by molar-refractivity contribution is -0.0566. The van der Waals surface area contributed by atoms with Crippen LogP contribution in [0.1, 0.15) is 32.9 Å². The van der Waals surface area contributed by atoms with Crippen molar-refractivity contribution in [1.29, 1.82) is 0 Å². The Labute approximate surface area is 311 Å². The summed E-state index contributed by atoms with van der Waals surface area (Å²) < 4.78 is 45.7. The molecule has 15 nitrogen and oxygen atoms in total. The van der Waals surface area contributed by atoms with Gasteiger partial charge < -0.3 is 28.2 Å². The molecule has 0 bridgehead atoms. The Bertz CT molecular complexity index is 1900. The van der Waals surface area contributed by atoms with Gasteiger partial charge in [0.15, 0.2) is 11.7 Å². The maximum absolute atomic E-state index is 12.8. The average molecular weight is 791 g/mol. The van der Waals surface area contributed by atoms with Gasteiger partial charge in [-0.1, -0.05) is 41.6 Å². The zero-order valence-electron chi connectivity index (χ0n) is 30.2. The van der Waals surface area contributed by atoms with Crippen LogP contribution in [0.15, 0.2) is 98.5 Å². The molecule has 0 amide bonds. The number of aromatic amines is 1. The first-order valence-electron chi connectivity index (χ1n) is 17.6. The van der Waals surface area contributed by atoms with Crippen molar-refractivity contribution >= 4 is 32.0 Å². The summed E-state index contributed by atoms with van der Waals surface area (Å²) in [6, 6.07) is 23.9. The number of aliphatic hydroxyl groups is 1. The third-order valence-electron chi connectivity index (χ3n) is 9.56. The molecule has 53 heavy (non-hydrogen) atoms. The molecule has 0 saturated carbocycles. The number of fused-ring (bicyclic) bond motifs is 1. The molecule has 2 aromatic carbocycles. The Balaban J connectivity index is 0.000000187. The summed E-state index contributed by atoms with van der Waals surface area (Å²) in [5.74, 6) is 1.13. The predicted molar refractivity (Wildman–Crippen MR) is 203 cm³/mol. The molecular weight excluding hydrogens is 742 g/mol. The van der Waals surface area contributed by atoms with Crippen LogP contribution in [0, 0.1) is 0 Å². The number of methoxy groups -OCH3 is 1. The van der Waals surface area contributed by atoms with Gasteiger partial charge >= 0.3 is 13.3 Å². The van der Waals surface area contributed by atoms with E-state index in [1.165, 1.54) is 59.4 Å². The molecule has 4 aromatic rings. The molecule has 7 unspecified atom stereocenters. The third-order valence-corrected chi connectivity index (χ3v) is 16.3. The number of nitrogens with one attached hydrogen (secondary N) is 1. The van der Waals surface area contributed by atoms with Crippen molar-refractivity contribution in [2.75, 3.05) is 38.9 Å². The number of rotatable bonds is 13. The van der Waals surface area contributed by atoms with Gasteiger partial charge in [-0.15, -0.1) is 5.10 Å². The van der Waals surface area contributed by atoms with Crippen molar-refractivity contribution in [1.82, 2.24) is 29.2 Å². The van der Waals surface area contributed by atoms with E-state index in [2.05, 4.69) is 86.9 Å². The van der Waals surface area contributed by atoms with Crippen molar-refractivity contribution in [2.45, 2.75) is 79.7 Å². The summed E-state index contributed by atoms with van der Waals surface area (Å²) in [5.41, 5.74) is -1.21. The van der Waals surface area contributed by atoms with Gasteiger partial charge in [-0.05, 0) is 67.0 Å². The Morgan fingerprint density at radius 1 is 1.02 bits per heavy atom. The van der Waals surface area contributed by atoms with Gasteiger partial charge in [-0.3, -0.25) is 23.6 Å². The Morgan fingerprint density at radius 2 is 1.68 bits per heavy atom. The number of aliphatic hydroxyl groups excluding tert-OH is 1. The predicted octanol–water partition coefficient (Wildman–Crippen LogP) is 3.90. The number of benzene rings is 2. The maximum Gasteiger partial charge on any atom is 0.383 e. The monoisotopic (exact) mass is 790 g/mol. The van der Waals surface area contributed by atoms with Crippen LogP contribution < -0.4 is 16.7 Å². The molecule has 3 aliphatic rings. The summed E-state index contributed by atoms with van der Waals surface area (Å²) in [6.07, 6.45) is 4.35. The van der Waals surface area contributed by atoms with E-state index in [4.69, 9.17) is 23.0 Å². The standard InChI is InChI=1S/C19H24NOPS.C16H24N5O8P/c1-23(16-9-4-2-5-10-16,17-11-6-3-7-12-17)15-19-18-13-8-14-20(18)22-21-19;1-4-27-30(25,28-5-2)12-9-20(19-18-12)8-10-13(23)14(26-3)15(29-10)21-7-6-11(22)17-16(21)24/h2-7,9-12,18-19,22H,8,13-15H2,1H3;6-7,9-10,13-15,23H,4-5,8H2,1-3H3,(H,17,22,24). The zero-order valence-corrected chi connectivity index (χ0v) is 32.9. The summed E-state index contributed by atoms with van der Waals surface area (Å²) in [6.45, 7) is 4.95. The van der Waals surface area contributed by atoms with Gasteiger partial charge in [0, 0.05) is 37.7 Å². The zero-order chi connectivity index (χ0) is 37.6. The molecule has 3 fully saturated rings. The van der Waals surface area contributed by atoms with Crippen molar-refractivity contribution in [3.8, 4) is 0 Å². The fourth-order valence-corrected chi connectivity index (χ4v) is 12.8. The molecule has 3 aliphatic heterocycles. The first kappa shape index (κ1) is 39.7. The van der Waals surface area contributed by atoms with Gasteiger partial charge in [-0.25, -0.2) is 9.48 Å². The van der Waals surface area contributed by atoms with Crippen LogP contribution >= 0.6 is 26.6 Å². The number of aromatic nitrogens is 5. The van der Waals surface area contributed by atoms with Crippen molar-refractivity contribution in [3.05, 3.63) is 100.0 Å². The highest BCUT2D eigenvalue weighted by Gasteiger charge is 2.46. The second kappa shape index (κ2) is 17.6. The fraction of sp³-hybridized carbons (Fsp3) is 0.486. The SMILES string of the molecule is CCOP(=O)(OCC)c1cn(CC2OC(n3ccc(=O)[nH]c3=O)C(OC)C2O)nn1.CS(CC1OPN2CCCC12)(c1ccccc1)c1ccccc1. The number of hydrogen-bond donors (Lipinski definition) is 2. The fourth-order valence-electron chi connectivity index (χ4n) is 6.92. The van der Waals surface area contributed by atoms with Crippen LogP contribution in [0.4, 0.5) is 0 Å². The quantitative estimate of drug-likeness (QED) is 0.188. The van der Waals surface area contributed by atoms with Crippen molar-refractivity contribution in [2.24, 2.45) is 0 Å². The molecule has 0 spiro atoms. The molecule has 3 saturated heterocycles. The minimum Gasteiger partial charge on any atom is -0.387 e. The molecule has 5 heterocycles. The van der Waals surface area contributed by atoms with Crippen LogP contribution in [0.25, 0.3) is 0 Å². The lowest BCUT2D eigenvalue weighted by Crippen LogP contribution is -2.38. The highest BCUT2D eigenvalue weighted by molar-refractivity contribution is 8.33. The van der Waals surface area contributed by atoms with E-state index in [0.717, 1.165) is 10.3 Å². The van der Waals surface area contributed by atoms with Crippen LogP contribution in [0.5, 0.6) is 0 Å². The lowest BCUT2D eigenvalue weighted by Gasteiger charge is -2.39. The van der Waals surface area contributed by atoms with Gasteiger partial charge in [-0.2, -0.15) is 10.0 Å². The van der Waals surface area contributed by atoms with E-state index in [1.807, 2.05) is 0 Å². The van der Waals surface area contributed by atoms with Crippen LogP contribution in [-0.2, 0) is 34.2 Å². The Morgan fingerprint density at radius 3 is 2.28 bits per heavy atom. The second-order valence-corrected chi connectivity index (χ2v) is 19.3. The molecule has 288 valence electrons. The summed E-state index contributed by atoms with van der Waals surface area (Å²) >= 11 is 0. The van der Waals surface area contributed by atoms with E-state index in [-0.39, 0.29) is 25.2 Å². The minimum absolute atomic E-state index is 0.0287. The Kier molecular flexibility index (Phi) is 13.2. The molecule has 18 heteroatoms. The Hall–Kier alpha value is -3.01. The van der Waals surface area contributed by atoms with Gasteiger partial charge in [0.1, 0.15) is 18.3 Å². The molecule has 2 aromatic heterocycles. The highest BCUT2D eigenvalue weighted by Crippen LogP contribution is 2.61. The second-order valence-electron chi connectivity index (χ2n) is 12.9. The van der Waals surface area contributed by atoms with Gasteiger partial charge in [0.05, 0.1) is 41.0 Å². The van der Waals surface area contributed by atoms with Crippen LogP contribution in [0.3, 0.4) is 0 Å². The summed E-state index contributed by atoms with van der Waals surface area (Å²) in [7, 11) is -2.72. The molecule has 7 atom stereocenters. The van der Waals surface area contributed by atoms with E-state index in [0.29, 0.717) is 21.1 Å². The number of hydrogen-bond acceptors (Lipinski definition) is 12. The van der Waals surface area contributed by atoms with E-state index in [1.54, 1.807) is 13.8 Å². The molecule has 2 N–H and O–H groups in total. The summed E-state index contributed by atoms with van der Waals surface area (Å²) in [5, 5.41) is 18.4. The average Bonchev–Trinajstić information content (AvgIpc) is 3.96. The first-order chi connectivity index (χ1) is 25.6. The first-order valence-corrected chi connectivity index (χ1v) is 22.2. The number of nitrogens with zero attached hydrogens (tertiary/aromatic N) is 5. The molecule has 0 radical (unpaired) electrons. The largest absolute Gasteiger partial charge is 0.387 e. The van der Waals surface area contributed by atoms with Gasteiger partial charge in [0.2, 0.25) is 0 Å². The minimum atomic E-state index is -3.60. The number of ether oxygens (including phenoxy) is 2. The third kappa shape index (κ3) is 8.78. The molecule has 7 rings (SSSR count). The van der Waals surface area contributed by atoms with E-state index in [9.17, 15) is 19.3 Å². The van der Waals surface area contributed by atoms with Crippen molar-refractivity contribution in [3.63, 3.8) is 0 Å². The van der Waals surface area contributed by atoms with E-state index >= 15 is 0 Å². The molecule has 0 aliphatic carbocycles. The van der Waals surface area contributed by atoms with E-state index < -0.39 is 53.4 Å². The van der Waals surface area contributed by atoms with Crippen LogP contribution in [-0.4, -0.2) is 104 Å². The topological polar surface area (TPSA) is 172 Å². The number of H-pyrrole nitrogens is 1. The molecular formula is C35H48N6O9P2S. The van der Waals surface area contributed by atoms with Crippen molar-refractivity contribution < 1.29 is 32.7 Å². The normalized spacial score (nSPS) is 25.3. The maximum atomic E-state index is 12.8. The van der Waals surface area contributed by atoms with Crippen LogP contribution in [0.2, 0.25) is 0 Å². The smallest absolute Gasteiger partial charge is 0.383 e. The summed E-state index contributed by atoms with van der Waals surface area (Å²) in [4.78, 5) is 28.5. The highest BCUT2D eigenvalue weighted by atomic mass is 32.3. The van der Waals surface area contributed by atoms with Gasteiger partial charge in [0.25, 0.3) is 5.56 Å². The lowest BCUT2D eigenvalue weighted by atomic mass is 10.1.